The minimum Gasteiger partial charge on any atom is -0.500 e. The first kappa shape index (κ1) is 39.2. The summed E-state index contributed by atoms with van der Waals surface area (Å²) in [6.07, 6.45) is 9.50. The van der Waals surface area contributed by atoms with Crippen molar-refractivity contribution in [3.05, 3.63) is 104 Å². The number of nitrogens with zero attached hydrogens (tertiary/aromatic N) is 8. The third-order valence-electron chi connectivity index (χ3n) is 11.9. The van der Waals surface area contributed by atoms with E-state index < -0.39 is 5.60 Å². The number of hydrogen-bond donors (Lipinski definition) is 1. The second-order valence-electron chi connectivity index (χ2n) is 16.0. The van der Waals surface area contributed by atoms with Crippen molar-refractivity contribution in [1.29, 1.82) is 5.26 Å². The van der Waals surface area contributed by atoms with E-state index >= 15 is 0 Å². The molecule has 13 heteroatoms. The Morgan fingerprint density at radius 3 is 2.43 bits per heavy atom. The van der Waals surface area contributed by atoms with Gasteiger partial charge in [-0.15, -0.1) is 31.7 Å². The van der Waals surface area contributed by atoms with Gasteiger partial charge in [0.2, 0.25) is 0 Å². The molecule has 4 aromatic rings. The van der Waals surface area contributed by atoms with Crippen molar-refractivity contribution in [1.82, 2.24) is 30.3 Å². The molecule has 1 saturated heterocycles. The highest BCUT2D eigenvalue weighted by Gasteiger charge is 2.34. The fourth-order valence-electron chi connectivity index (χ4n) is 8.40. The van der Waals surface area contributed by atoms with E-state index in [0.29, 0.717) is 23.4 Å². The lowest BCUT2D eigenvalue weighted by Crippen LogP contribution is -2.42. The van der Waals surface area contributed by atoms with E-state index in [0.717, 1.165) is 96.5 Å². The number of fused-ring (bicyclic) bond motifs is 3. The summed E-state index contributed by atoms with van der Waals surface area (Å²) in [5.74, 6) is 10.2. The standard InChI is InChI=1S/C45H49N9O3S/c1-27-29(3)58-44-40(27)41(47-28(2)42-52-49-30(4)54(42)44)33-11-9-31(10-12-33)7-8-32-20-23-53(24-21-32)39-18-17-37(50-51-39)43(55)48-35-13-15-36(16-14-35)57-45(5)22-19-34(26-46)38(25-45)56-6/h9-12,17-19,22,28,32,35-36H,13-16,20-21,23-25H2,1-6H3,(H,48,55)/t28-,35?,36?,45?/m0/s1. The molecule has 1 N–H and O–H groups in total. The van der Waals surface area contributed by atoms with Crippen LogP contribution in [0.25, 0.3) is 5.00 Å². The highest BCUT2D eigenvalue weighted by Crippen LogP contribution is 2.39. The molecule has 1 saturated carbocycles. The number of thiophene rings is 1. The molecule has 0 bridgehead atoms. The molecule has 298 valence electrons. The summed E-state index contributed by atoms with van der Waals surface area (Å²) >= 11 is 1.77. The minimum absolute atomic E-state index is 0.0538. The second kappa shape index (κ2) is 16.3. The van der Waals surface area contributed by atoms with Crippen LogP contribution in [0.1, 0.15) is 114 Å². The number of rotatable bonds is 7. The average molecular weight is 796 g/mol. The largest absolute Gasteiger partial charge is 0.500 e. The topological polar surface area (TPSA) is 143 Å². The van der Waals surface area contributed by atoms with Gasteiger partial charge in [-0.25, -0.2) is 0 Å². The first-order valence-corrected chi connectivity index (χ1v) is 21.0. The number of carbonyl (C=O) groups excluding carboxylic acids is 1. The summed E-state index contributed by atoms with van der Waals surface area (Å²) in [6, 6.07) is 14.2. The third-order valence-corrected chi connectivity index (χ3v) is 13.1. The Bertz CT molecular complexity index is 2390. The Morgan fingerprint density at radius 1 is 0.983 bits per heavy atom. The van der Waals surface area contributed by atoms with Crippen LogP contribution < -0.4 is 10.2 Å². The molecule has 58 heavy (non-hydrogen) atoms. The van der Waals surface area contributed by atoms with Crippen molar-refractivity contribution in [2.24, 2.45) is 10.9 Å². The number of hydrogen-bond acceptors (Lipinski definition) is 11. The fourth-order valence-corrected chi connectivity index (χ4v) is 9.61. The maximum absolute atomic E-state index is 13.1. The zero-order valence-corrected chi connectivity index (χ0v) is 34.8. The Kier molecular flexibility index (Phi) is 11.0. The SMILES string of the molecule is COC1=C(C#N)C=CC(C)(OC2CCC(NC(=O)c3ccc(N4CCC(C#Cc5ccc(C6=N[C@@H](C)c7nnc(C)n7-c7sc(C)c(C)c76)cc5)CC4)nn3)CC2)C1. The maximum atomic E-state index is 13.1. The van der Waals surface area contributed by atoms with E-state index in [4.69, 9.17) is 14.5 Å². The summed E-state index contributed by atoms with van der Waals surface area (Å²) in [6.45, 7) is 12.1. The van der Waals surface area contributed by atoms with E-state index in [9.17, 15) is 10.1 Å². The number of nitriles is 1. The van der Waals surface area contributed by atoms with Crippen LogP contribution in [0.3, 0.4) is 0 Å². The van der Waals surface area contributed by atoms with E-state index in [1.807, 2.05) is 26.0 Å². The highest BCUT2D eigenvalue weighted by molar-refractivity contribution is 7.15. The van der Waals surface area contributed by atoms with Crippen LogP contribution in [0.2, 0.25) is 0 Å². The third kappa shape index (κ3) is 7.94. The van der Waals surface area contributed by atoms with Crippen LogP contribution in [0, 0.1) is 49.9 Å². The maximum Gasteiger partial charge on any atom is 0.272 e. The molecule has 2 aliphatic carbocycles. The number of aryl methyl sites for hydroxylation is 2. The van der Waals surface area contributed by atoms with Crippen LogP contribution >= 0.6 is 11.3 Å². The lowest BCUT2D eigenvalue weighted by Gasteiger charge is -2.37. The molecular weight excluding hydrogens is 747 g/mol. The lowest BCUT2D eigenvalue weighted by atomic mass is 9.89. The molecule has 0 spiro atoms. The normalized spacial score (nSPS) is 23.2. The molecule has 1 aromatic carbocycles. The van der Waals surface area contributed by atoms with Gasteiger partial charge in [0.1, 0.15) is 28.7 Å². The Balaban J connectivity index is 0.814. The van der Waals surface area contributed by atoms with Crippen LogP contribution in [0.4, 0.5) is 5.82 Å². The van der Waals surface area contributed by atoms with E-state index in [1.165, 1.54) is 10.4 Å². The summed E-state index contributed by atoms with van der Waals surface area (Å²) in [5, 5.41) is 31.2. The number of methoxy groups -OCH3 is 1. The van der Waals surface area contributed by atoms with Gasteiger partial charge in [0.15, 0.2) is 17.3 Å². The van der Waals surface area contributed by atoms with Gasteiger partial charge in [-0.2, -0.15) is 5.26 Å². The van der Waals surface area contributed by atoms with Crippen molar-refractivity contribution in [2.75, 3.05) is 25.1 Å². The van der Waals surface area contributed by atoms with Gasteiger partial charge in [0.05, 0.1) is 30.1 Å². The average Bonchev–Trinajstić information content (AvgIpc) is 3.73. The molecule has 3 aromatic heterocycles. The van der Waals surface area contributed by atoms with Gasteiger partial charge in [-0.1, -0.05) is 30.0 Å². The molecule has 1 unspecified atom stereocenters. The summed E-state index contributed by atoms with van der Waals surface area (Å²) in [4.78, 5) is 21.8. The number of anilines is 1. The van der Waals surface area contributed by atoms with Gasteiger partial charge in [0.25, 0.3) is 5.91 Å². The molecule has 2 fully saturated rings. The van der Waals surface area contributed by atoms with Gasteiger partial charge in [-0.05, 0) is 109 Å². The second-order valence-corrected chi connectivity index (χ2v) is 17.2. The number of allylic oxidation sites excluding steroid dienone is 2. The summed E-state index contributed by atoms with van der Waals surface area (Å²) in [5.41, 5.74) is 5.78. The van der Waals surface area contributed by atoms with Crippen molar-refractivity contribution < 1.29 is 14.3 Å². The number of ether oxygens (including phenoxy) is 2. The number of piperidine rings is 1. The molecule has 8 rings (SSSR count). The van der Waals surface area contributed by atoms with Crippen LogP contribution in [-0.2, 0) is 9.47 Å². The zero-order valence-electron chi connectivity index (χ0n) is 34.0. The predicted octanol–water partition coefficient (Wildman–Crippen LogP) is 7.42. The Morgan fingerprint density at radius 2 is 1.74 bits per heavy atom. The lowest BCUT2D eigenvalue weighted by molar-refractivity contribution is -0.0744. The van der Waals surface area contributed by atoms with Gasteiger partial charge in [0, 0.05) is 53.0 Å². The van der Waals surface area contributed by atoms with E-state index in [-0.39, 0.29) is 30.0 Å². The zero-order chi connectivity index (χ0) is 40.6. The van der Waals surface area contributed by atoms with Crippen molar-refractivity contribution in [3.8, 4) is 22.9 Å². The van der Waals surface area contributed by atoms with Crippen LogP contribution in [-0.4, -0.2) is 74.5 Å². The van der Waals surface area contributed by atoms with Crippen molar-refractivity contribution in [3.63, 3.8) is 0 Å². The van der Waals surface area contributed by atoms with E-state index in [2.05, 4.69) is 98.1 Å². The van der Waals surface area contributed by atoms with Gasteiger partial charge in [-0.3, -0.25) is 14.4 Å². The Labute approximate surface area is 344 Å². The number of nitrogens with one attached hydrogen (secondary N) is 1. The first-order chi connectivity index (χ1) is 28.0. The highest BCUT2D eigenvalue weighted by atomic mass is 32.1. The molecular formula is C45H49N9O3S. The van der Waals surface area contributed by atoms with Crippen LogP contribution in [0.15, 0.2) is 64.9 Å². The number of benzene rings is 1. The molecule has 2 atom stereocenters. The summed E-state index contributed by atoms with van der Waals surface area (Å²) < 4.78 is 14.1. The number of amides is 1. The van der Waals surface area contributed by atoms with Gasteiger partial charge < -0.3 is 19.7 Å². The van der Waals surface area contributed by atoms with Crippen molar-refractivity contribution in [2.45, 2.75) is 103 Å². The van der Waals surface area contributed by atoms with Crippen molar-refractivity contribution >= 4 is 28.8 Å². The molecule has 5 heterocycles. The molecule has 4 aliphatic rings. The van der Waals surface area contributed by atoms with E-state index in [1.54, 1.807) is 30.6 Å². The number of carbonyl (C=O) groups is 1. The molecule has 1 amide bonds. The monoisotopic (exact) mass is 795 g/mol. The molecule has 0 radical (unpaired) electrons. The molecule has 12 nitrogen and oxygen atoms in total. The smallest absolute Gasteiger partial charge is 0.272 e. The quantitative estimate of drug-likeness (QED) is 0.189. The fraction of sp³-hybridized carbons (Fsp3) is 0.444. The predicted molar refractivity (Wildman–Crippen MR) is 224 cm³/mol. The minimum atomic E-state index is -0.523. The Hall–Kier alpha value is -5.63. The number of aliphatic imine (C=N–C) groups is 1. The van der Waals surface area contributed by atoms with Crippen LogP contribution in [0.5, 0.6) is 0 Å². The van der Waals surface area contributed by atoms with Gasteiger partial charge >= 0.3 is 0 Å². The number of aromatic nitrogens is 5. The first-order valence-electron chi connectivity index (χ1n) is 20.2. The molecule has 2 aliphatic heterocycles. The summed E-state index contributed by atoms with van der Waals surface area (Å²) in [7, 11) is 1.59.